The Morgan fingerprint density at radius 3 is 2.90 bits per heavy atom. The van der Waals surface area contributed by atoms with Crippen molar-refractivity contribution in [3.8, 4) is 0 Å². The van der Waals surface area contributed by atoms with Crippen molar-refractivity contribution in [3.63, 3.8) is 0 Å². The average molecular weight is 345 g/mol. The Bertz CT molecular complexity index is 665. The molecule has 21 heavy (non-hydrogen) atoms. The summed E-state index contributed by atoms with van der Waals surface area (Å²) in [5.74, 6) is -0.272. The van der Waals surface area contributed by atoms with E-state index in [9.17, 15) is 14.9 Å². The molecule has 0 unspecified atom stereocenters. The van der Waals surface area contributed by atoms with Crippen LogP contribution in [-0.4, -0.2) is 26.3 Å². The Hall–Kier alpha value is -1.71. The highest BCUT2D eigenvalue weighted by Crippen LogP contribution is 2.29. The summed E-state index contributed by atoms with van der Waals surface area (Å²) in [7, 11) is 0. The summed E-state index contributed by atoms with van der Waals surface area (Å²) in [5.41, 5.74) is 1.78. The number of hydrogen-bond donors (Lipinski definition) is 1. The van der Waals surface area contributed by atoms with Gasteiger partial charge >= 0.3 is 0 Å². The SMILES string of the molecule is C[C@@H](Sc1nncs1)C(=O)Nc1ccc([N+](=O)[O-])cc1Cl. The fraction of sp³-hybridized carbons (Fsp3) is 0.182. The van der Waals surface area contributed by atoms with Crippen LogP contribution in [0.2, 0.25) is 5.02 Å². The smallest absolute Gasteiger partial charge is 0.271 e. The highest BCUT2D eigenvalue weighted by atomic mass is 35.5. The van der Waals surface area contributed by atoms with E-state index in [1.54, 1.807) is 12.4 Å². The maximum atomic E-state index is 12.0. The van der Waals surface area contributed by atoms with Crippen LogP contribution in [0.5, 0.6) is 0 Å². The monoisotopic (exact) mass is 344 g/mol. The van der Waals surface area contributed by atoms with Gasteiger partial charge in [0, 0.05) is 12.1 Å². The van der Waals surface area contributed by atoms with Crippen LogP contribution in [-0.2, 0) is 4.79 Å². The normalized spacial score (nSPS) is 11.9. The third kappa shape index (κ3) is 4.13. The predicted molar refractivity (Wildman–Crippen MR) is 82.0 cm³/mol. The molecule has 1 atom stereocenters. The molecule has 0 radical (unpaired) electrons. The highest BCUT2D eigenvalue weighted by Gasteiger charge is 2.18. The molecule has 2 aromatic rings. The lowest BCUT2D eigenvalue weighted by molar-refractivity contribution is -0.384. The summed E-state index contributed by atoms with van der Waals surface area (Å²) in [5, 5.41) is 20.5. The van der Waals surface area contributed by atoms with E-state index in [4.69, 9.17) is 11.6 Å². The molecule has 1 aromatic carbocycles. The molecule has 0 bridgehead atoms. The van der Waals surface area contributed by atoms with E-state index in [0.29, 0.717) is 10.0 Å². The molecule has 1 heterocycles. The summed E-state index contributed by atoms with van der Waals surface area (Å²) in [4.78, 5) is 22.1. The zero-order valence-corrected chi connectivity index (χ0v) is 13.0. The zero-order valence-electron chi connectivity index (χ0n) is 10.6. The Morgan fingerprint density at radius 1 is 1.57 bits per heavy atom. The first-order chi connectivity index (χ1) is 9.97. The Kier molecular flexibility index (Phi) is 5.10. The molecule has 0 saturated carbocycles. The van der Waals surface area contributed by atoms with Crippen molar-refractivity contribution >= 4 is 52.0 Å². The van der Waals surface area contributed by atoms with E-state index >= 15 is 0 Å². The maximum Gasteiger partial charge on any atom is 0.271 e. The van der Waals surface area contributed by atoms with Gasteiger partial charge in [-0.05, 0) is 13.0 Å². The molecule has 7 nitrogen and oxygen atoms in total. The quantitative estimate of drug-likeness (QED) is 0.508. The number of rotatable bonds is 5. The largest absolute Gasteiger partial charge is 0.324 e. The molecule has 10 heteroatoms. The third-order valence-electron chi connectivity index (χ3n) is 2.41. The van der Waals surface area contributed by atoms with E-state index < -0.39 is 10.2 Å². The molecule has 0 fully saturated rings. The second-order valence-electron chi connectivity index (χ2n) is 3.88. The number of nitro benzene ring substituents is 1. The summed E-state index contributed by atoms with van der Waals surface area (Å²) in [6.07, 6.45) is 0. The summed E-state index contributed by atoms with van der Waals surface area (Å²) >= 11 is 8.53. The van der Waals surface area contributed by atoms with Crippen LogP contribution in [0.15, 0.2) is 28.0 Å². The van der Waals surface area contributed by atoms with Crippen molar-refractivity contribution in [2.45, 2.75) is 16.5 Å². The molecule has 0 aliphatic rings. The number of non-ortho nitro benzene ring substituents is 1. The lowest BCUT2D eigenvalue weighted by atomic mass is 10.2. The van der Waals surface area contributed by atoms with Crippen LogP contribution in [0.4, 0.5) is 11.4 Å². The fourth-order valence-electron chi connectivity index (χ4n) is 1.37. The molecular formula is C11H9ClN4O3S2. The van der Waals surface area contributed by atoms with Gasteiger partial charge < -0.3 is 5.32 Å². The standard InChI is InChI=1S/C11H9ClN4O3S2/c1-6(21-11-15-13-5-20-11)10(17)14-9-3-2-7(16(18)19)4-8(9)12/h2-6H,1H3,(H,14,17)/t6-/m1/s1. The molecule has 0 saturated heterocycles. The number of nitrogens with one attached hydrogen (secondary N) is 1. The lowest BCUT2D eigenvalue weighted by Gasteiger charge is -2.11. The number of carbonyl (C=O) groups is 1. The van der Waals surface area contributed by atoms with Gasteiger partial charge in [0.2, 0.25) is 5.91 Å². The number of anilines is 1. The minimum Gasteiger partial charge on any atom is -0.324 e. The van der Waals surface area contributed by atoms with Gasteiger partial charge in [-0.25, -0.2) is 0 Å². The Balaban J connectivity index is 2.03. The topological polar surface area (TPSA) is 98.0 Å². The number of carbonyl (C=O) groups excluding carboxylic acids is 1. The van der Waals surface area contributed by atoms with E-state index in [2.05, 4.69) is 15.5 Å². The van der Waals surface area contributed by atoms with E-state index in [1.807, 2.05) is 0 Å². The first-order valence-corrected chi connectivity index (χ1v) is 7.78. The van der Waals surface area contributed by atoms with Crippen molar-refractivity contribution in [2.75, 3.05) is 5.32 Å². The number of amides is 1. The van der Waals surface area contributed by atoms with Gasteiger partial charge in [0.15, 0.2) is 4.34 Å². The molecule has 0 spiro atoms. The van der Waals surface area contributed by atoms with Crippen LogP contribution in [0.1, 0.15) is 6.92 Å². The summed E-state index contributed by atoms with van der Waals surface area (Å²) < 4.78 is 0.687. The van der Waals surface area contributed by atoms with Gasteiger partial charge in [-0.2, -0.15) is 0 Å². The van der Waals surface area contributed by atoms with Gasteiger partial charge in [-0.3, -0.25) is 14.9 Å². The van der Waals surface area contributed by atoms with Crippen molar-refractivity contribution in [2.24, 2.45) is 0 Å². The summed E-state index contributed by atoms with van der Waals surface area (Å²) in [6, 6.07) is 3.88. The third-order valence-corrected chi connectivity index (χ3v) is 4.63. The van der Waals surface area contributed by atoms with Crippen LogP contribution in [0.3, 0.4) is 0 Å². The number of nitrogens with zero attached hydrogens (tertiary/aromatic N) is 3. The number of hydrogen-bond acceptors (Lipinski definition) is 7. The van der Waals surface area contributed by atoms with Gasteiger partial charge in [-0.1, -0.05) is 34.7 Å². The highest BCUT2D eigenvalue weighted by molar-refractivity contribution is 8.02. The molecule has 1 aromatic heterocycles. The second kappa shape index (κ2) is 6.83. The first-order valence-electron chi connectivity index (χ1n) is 5.65. The van der Waals surface area contributed by atoms with Gasteiger partial charge in [0.05, 0.1) is 20.9 Å². The number of aromatic nitrogens is 2. The van der Waals surface area contributed by atoms with Gasteiger partial charge in [0.1, 0.15) is 5.51 Å². The van der Waals surface area contributed by atoms with E-state index in [0.717, 1.165) is 0 Å². The fourth-order valence-corrected chi connectivity index (χ4v) is 3.22. The molecule has 110 valence electrons. The minimum absolute atomic E-state index is 0.116. The summed E-state index contributed by atoms with van der Waals surface area (Å²) in [6.45, 7) is 1.72. The Labute approximate surface area is 132 Å². The molecular weight excluding hydrogens is 336 g/mol. The van der Waals surface area contributed by atoms with Crippen molar-refractivity contribution in [3.05, 3.63) is 38.8 Å². The van der Waals surface area contributed by atoms with Crippen LogP contribution >= 0.6 is 34.7 Å². The molecule has 0 aliphatic heterocycles. The minimum atomic E-state index is -0.550. The number of nitro groups is 1. The van der Waals surface area contributed by atoms with Crippen LogP contribution in [0.25, 0.3) is 0 Å². The van der Waals surface area contributed by atoms with Gasteiger partial charge in [-0.15, -0.1) is 10.2 Å². The average Bonchev–Trinajstić information content (AvgIpc) is 2.93. The number of halogens is 1. The van der Waals surface area contributed by atoms with Crippen LogP contribution < -0.4 is 5.32 Å². The van der Waals surface area contributed by atoms with Crippen LogP contribution in [0, 0.1) is 10.1 Å². The van der Waals surface area contributed by atoms with E-state index in [1.165, 1.54) is 41.3 Å². The maximum absolute atomic E-state index is 12.0. The number of benzene rings is 1. The number of thioether (sulfide) groups is 1. The lowest BCUT2D eigenvalue weighted by Crippen LogP contribution is -2.22. The molecule has 1 N–H and O–H groups in total. The van der Waals surface area contributed by atoms with E-state index in [-0.39, 0.29) is 16.6 Å². The zero-order chi connectivity index (χ0) is 15.4. The second-order valence-corrected chi connectivity index (χ2v) is 6.70. The molecule has 0 aliphatic carbocycles. The molecule has 1 amide bonds. The first kappa shape index (κ1) is 15.7. The van der Waals surface area contributed by atoms with Crippen molar-refractivity contribution in [1.82, 2.24) is 10.2 Å². The molecule has 2 rings (SSSR count). The van der Waals surface area contributed by atoms with Crippen molar-refractivity contribution in [1.29, 1.82) is 0 Å². The van der Waals surface area contributed by atoms with Crippen molar-refractivity contribution < 1.29 is 9.72 Å². The predicted octanol–water partition coefficient (Wildman–Crippen LogP) is 3.22. The Morgan fingerprint density at radius 2 is 2.33 bits per heavy atom. The van der Waals surface area contributed by atoms with Gasteiger partial charge in [0.25, 0.3) is 5.69 Å².